The largest absolute Gasteiger partial charge is 0.382 e. The molecule has 1 aromatic rings. The fourth-order valence-electron chi connectivity index (χ4n) is 1.48. The van der Waals surface area contributed by atoms with Gasteiger partial charge in [-0.3, -0.25) is 0 Å². The average Bonchev–Trinajstić information content (AvgIpc) is 2.73. The molecular weight excluding hydrogens is 216 g/mol. The molecule has 0 amide bonds. The monoisotopic (exact) mass is 240 g/mol. The van der Waals surface area contributed by atoms with Crippen molar-refractivity contribution < 1.29 is 4.74 Å². The van der Waals surface area contributed by atoms with Gasteiger partial charge in [-0.1, -0.05) is 13.3 Å². The maximum Gasteiger partial charge on any atom is 0.141 e. The highest BCUT2D eigenvalue weighted by Crippen LogP contribution is 1.95. The first-order chi connectivity index (χ1) is 8.33. The molecule has 3 N–H and O–H groups in total. The van der Waals surface area contributed by atoms with Crippen LogP contribution in [-0.2, 0) is 11.3 Å². The summed E-state index contributed by atoms with van der Waals surface area (Å²) >= 11 is 0. The molecule has 1 heterocycles. The average molecular weight is 240 g/mol. The number of imidazole rings is 1. The summed E-state index contributed by atoms with van der Waals surface area (Å²) in [6, 6.07) is 0. The Morgan fingerprint density at radius 1 is 1.35 bits per heavy atom. The van der Waals surface area contributed by atoms with Gasteiger partial charge in [-0.05, 0) is 19.4 Å². The van der Waals surface area contributed by atoms with Crippen molar-refractivity contribution in [3.05, 3.63) is 12.5 Å². The smallest absolute Gasteiger partial charge is 0.141 e. The summed E-state index contributed by atoms with van der Waals surface area (Å²) in [7, 11) is 0. The van der Waals surface area contributed by atoms with E-state index in [2.05, 4.69) is 17.2 Å². The van der Waals surface area contributed by atoms with Gasteiger partial charge in [0, 0.05) is 32.5 Å². The molecule has 0 aliphatic rings. The fraction of sp³-hybridized carbons (Fsp3) is 0.750. The highest BCUT2D eigenvalue weighted by molar-refractivity contribution is 5.22. The quantitative estimate of drug-likeness (QED) is 0.604. The van der Waals surface area contributed by atoms with Crippen molar-refractivity contribution >= 4 is 5.82 Å². The molecular formula is C12H24N4O. The molecule has 0 radical (unpaired) electrons. The van der Waals surface area contributed by atoms with Gasteiger partial charge in [-0.15, -0.1) is 0 Å². The maximum absolute atomic E-state index is 5.52. The van der Waals surface area contributed by atoms with E-state index in [1.54, 1.807) is 6.33 Å². The number of nitrogen functional groups attached to an aromatic ring is 1. The van der Waals surface area contributed by atoms with Crippen LogP contribution >= 0.6 is 0 Å². The van der Waals surface area contributed by atoms with Crippen LogP contribution in [0.1, 0.15) is 26.2 Å². The van der Waals surface area contributed by atoms with Gasteiger partial charge in [-0.2, -0.15) is 0 Å². The zero-order valence-corrected chi connectivity index (χ0v) is 10.7. The molecule has 1 rings (SSSR count). The van der Waals surface area contributed by atoms with Crippen LogP contribution in [0.2, 0.25) is 0 Å². The normalized spacial score (nSPS) is 10.9. The molecule has 0 unspecified atom stereocenters. The number of nitrogens with one attached hydrogen (secondary N) is 1. The molecule has 0 fully saturated rings. The molecule has 1 aromatic heterocycles. The lowest BCUT2D eigenvalue weighted by Crippen LogP contribution is -2.21. The van der Waals surface area contributed by atoms with Gasteiger partial charge in [0.05, 0.1) is 6.33 Å². The first kappa shape index (κ1) is 14.0. The third-order valence-corrected chi connectivity index (χ3v) is 2.48. The molecule has 0 bridgehead atoms. The van der Waals surface area contributed by atoms with E-state index < -0.39 is 0 Å². The molecule has 0 atom stereocenters. The maximum atomic E-state index is 5.52. The van der Waals surface area contributed by atoms with E-state index in [0.29, 0.717) is 5.82 Å². The molecule has 0 saturated carbocycles. The Hall–Kier alpha value is -1.07. The van der Waals surface area contributed by atoms with E-state index >= 15 is 0 Å². The second-order valence-corrected chi connectivity index (χ2v) is 4.11. The SMILES string of the molecule is CCCCOCCCNCCn1cnc(N)c1. The summed E-state index contributed by atoms with van der Waals surface area (Å²) in [5.41, 5.74) is 5.52. The number of ether oxygens (including phenoxy) is 1. The number of aromatic nitrogens is 2. The minimum atomic E-state index is 0.578. The minimum Gasteiger partial charge on any atom is -0.382 e. The van der Waals surface area contributed by atoms with E-state index in [1.807, 2.05) is 10.8 Å². The van der Waals surface area contributed by atoms with Gasteiger partial charge >= 0.3 is 0 Å². The molecule has 17 heavy (non-hydrogen) atoms. The summed E-state index contributed by atoms with van der Waals surface area (Å²) in [5.74, 6) is 0.578. The Labute approximate surface area is 103 Å². The lowest BCUT2D eigenvalue weighted by atomic mass is 10.3. The van der Waals surface area contributed by atoms with Crippen LogP contribution in [0.15, 0.2) is 12.5 Å². The molecule has 0 saturated heterocycles. The number of hydrogen-bond acceptors (Lipinski definition) is 4. The third-order valence-electron chi connectivity index (χ3n) is 2.48. The standard InChI is InChI=1S/C12H24N4O/c1-2-3-8-17-9-4-5-14-6-7-16-10-12(13)15-11-16/h10-11,14H,2-9,13H2,1H3. The number of anilines is 1. The minimum absolute atomic E-state index is 0.578. The van der Waals surface area contributed by atoms with Gasteiger partial charge in [0.2, 0.25) is 0 Å². The van der Waals surface area contributed by atoms with Crippen molar-refractivity contribution in [2.45, 2.75) is 32.7 Å². The number of hydrogen-bond donors (Lipinski definition) is 2. The Balaban J connectivity index is 1.84. The number of nitrogens with two attached hydrogens (primary N) is 1. The van der Waals surface area contributed by atoms with E-state index in [-0.39, 0.29) is 0 Å². The first-order valence-corrected chi connectivity index (χ1v) is 6.38. The molecule has 5 nitrogen and oxygen atoms in total. The second kappa shape index (κ2) is 9.01. The summed E-state index contributed by atoms with van der Waals surface area (Å²) in [6.45, 7) is 6.76. The van der Waals surface area contributed by atoms with Gasteiger partial charge in [0.1, 0.15) is 5.82 Å². The third kappa shape index (κ3) is 6.97. The van der Waals surface area contributed by atoms with Crippen molar-refractivity contribution in [3.63, 3.8) is 0 Å². The highest BCUT2D eigenvalue weighted by atomic mass is 16.5. The summed E-state index contributed by atoms with van der Waals surface area (Å²) < 4.78 is 7.46. The molecule has 0 aliphatic carbocycles. The number of unbranched alkanes of at least 4 members (excludes halogenated alkanes) is 1. The van der Waals surface area contributed by atoms with Crippen LogP contribution in [0.25, 0.3) is 0 Å². The number of nitrogens with zero attached hydrogens (tertiary/aromatic N) is 2. The van der Waals surface area contributed by atoms with E-state index in [4.69, 9.17) is 10.5 Å². The Bertz CT molecular complexity index is 288. The van der Waals surface area contributed by atoms with Gasteiger partial charge < -0.3 is 20.4 Å². The summed E-state index contributed by atoms with van der Waals surface area (Å²) in [4.78, 5) is 3.97. The Morgan fingerprint density at radius 2 is 2.18 bits per heavy atom. The highest BCUT2D eigenvalue weighted by Gasteiger charge is 1.94. The van der Waals surface area contributed by atoms with Gasteiger partial charge in [0.25, 0.3) is 0 Å². The zero-order chi connectivity index (χ0) is 12.3. The topological polar surface area (TPSA) is 65.1 Å². The molecule has 98 valence electrons. The van der Waals surface area contributed by atoms with Crippen molar-refractivity contribution in [2.24, 2.45) is 0 Å². The van der Waals surface area contributed by atoms with Gasteiger partial charge in [-0.25, -0.2) is 4.98 Å². The zero-order valence-electron chi connectivity index (χ0n) is 10.7. The molecule has 0 aliphatic heterocycles. The van der Waals surface area contributed by atoms with E-state index in [1.165, 1.54) is 6.42 Å². The van der Waals surface area contributed by atoms with Crippen LogP contribution in [0.3, 0.4) is 0 Å². The van der Waals surface area contributed by atoms with Crippen molar-refractivity contribution in [3.8, 4) is 0 Å². The predicted molar refractivity (Wildman–Crippen MR) is 69.9 cm³/mol. The van der Waals surface area contributed by atoms with E-state index in [9.17, 15) is 0 Å². The molecule has 0 spiro atoms. The predicted octanol–water partition coefficient (Wildman–Crippen LogP) is 1.26. The van der Waals surface area contributed by atoms with Crippen LogP contribution in [0.5, 0.6) is 0 Å². The van der Waals surface area contributed by atoms with Crippen LogP contribution < -0.4 is 11.1 Å². The Kier molecular flexibility index (Phi) is 7.42. The fourth-order valence-corrected chi connectivity index (χ4v) is 1.48. The number of rotatable bonds is 10. The van der Waals surface area contributed by atoms with Crippen molar-refractivity contribution in [2.75, 3.05) is 32.0 Å². The van der Waals surface area contributed by atoms with Crippen LogP contribution in [0.4, 0.5) is 5.82 Å². The Morgan fingerprint density at radius 3 is 2.88 bits per heavy atom. The van der Waals surface area contributed by atoms with Crippen LogP contribution in [-0.4, -0.2) is 35.9 Å². The van der Waals surface area contributed by atoms with Gasteiger partial charge in [0.15, 0.2) is 0 Å². The van der Waals surface area contributed by atoms with E-state index in [0.717, 1.165) is 45.7 Å². The van der Waals surface area contributed by atoms with Crippen molar-refractivity contribution in [1.82, 2.24) is 14.9 Å². The molecule has 5 heteroatoms. The van der Waals surface area contributed by atoms with Crippen molar-refractivity contribution in [1.29, 1.82) is 0 Å². The summed E-state index contributed by atoms with van der Waals surface area (Å²) in [5, 5.41) is 3.36. The second-order valence-electron chi connectivity index (χ2n) is 4.11. The lowest BCUT2D eigenvalue weighted by molar-refractivity contribution is 0.129. The first-order valence-electron chi connectivity index (χ1n) is 6.38. The lowest BCUT2D eigenvalue weighted by Gasteiger charge is -2.06. The summed E-state index contributed by atoms with van der Waals surface area (Å²) in [6.07, 6.45) is 7.03. The molecule has 0 aromatic carbocycles. The van der Waals surface area contributed by atoms with Crippen LogP contribution in [0, 0.1) is 0 Å².